The Balaban J connectivity index is 1.52. The van der Waals surface area contributed by atoms with Crippen molar-refractivity contribution in [2.24, 2.45) is 5.92 Å². The fourth-order valence-corrected chi connectivity index (χ4v) is 4.00. The number of nitrogens with one attached hydrogen (secondary N) is 1. The molecule has 0 aromatic carbocycles. The topological polar surface area (TPSA) is 78.4 Å². The van der Waals surface area contributed by atoms with E-state index >= 15 is 0 Å². The fourth-order valence-electron chi connectivity index (χ4n) is 2.63. The number of aliphatic hydroxyl groups is 1. The average Bonchev–Trinajstić information content (AvgIpc) is 3.18. The Hall–Kier alpha value is -1.51. The number of urea groups is 1. The maximum absolute atomic E-state index is 12.2. The first-order chi connectivity index (χ1) is 10.6. The maximum atomic E-state index is 12.2. The highest BCUT2D eigenvalue weighted by atomic mass is 32.1. The van der Waals surface area contributed by atoms with Gasteiger partial charge in [0.2, 0.25) is 5.13 Å². The van der Waals surface area contributed by atoms with E-state index in [1.165, 1.54) is 11.5 Å². The Morgan fingerprint density at radius 1 is 1.50 bits per heavy atom. The molecule has 1 aliphatic heterocycles. The number of thiophene rings is 1. The first-order valence-electron chi connectivity index (χ1n) is 7.21. The van der Waals surface area contributed by atoms with Crippen LogP contribution in [-0.2, 0) is 0 Å². The highest BCUT2D eigenvalue weighted by Gasteiger charge is 2.29. The van der Waals surface area contributed by atoms with Crippen molar-refractivity contribution < 1.29 is 9.90 Å². The number of piperidine rings is 1. The van der Waals surface area contributed by atoms with Crippen LogP contribution in [0.1, 0.15) is 29.6 Å². The van der Waals surface area contributed by atoms with Gasteiger partial charge < -0.3 is 10.0 Å². The smallest absolute Gasteiger partial charge is 0.323 e. The van der Waals surface area contributed by atoms with Crippen molar-refractivity contribution in [2.45, 2.75) is 25.9 Å². The van der Waals surface area contributed by atoms with Gasteiger partial charge in [-0.2, -0.15) is 4.37 Å². The van der Waals surface area contributed by atoms with E-state index in [4.69, 9.17) is 0 Å². The number of amides is 2. The summed E-state index contributed by atoms with van der Waals surface area (Å²) in [5, 5.41) is 15.7. The minimum Gasteiger partial charge on any atom is -0.387 e. The molecule has 1 atom stereocenters. The molecular weight excluding hydrogens is 320 g/mol. The highest BCUT2D eigenvalue weighted by Crippen LogP contribution is 2.33. The van der Waals surface area contributed by atoms with Crippen LogP contribution in [0.5, 0.6) is 0 Å². The van der Waals surface area contributed by atoms with E-state index in [9.17, 15) is 9.90 Å². The third kappa shape index (κ3) is 3.45. The number of likely N-dealkylation sites (tertiary alicyclic amines) is 1. The number of hydrogen-bond acceptors (Lipinski definition) is 6. The molecule has 8 heteroatoms. The fraction of sp³-hybridized carbons (Fsp3) is 0.500. The number of carbonyl (C=O) groups is 1. The Labute approximate surface area is 137 Å². The molecule has 2 N–H and O–H groups in total. The summed E-state index contributed by atoms with van der Waals surface area (Å²) in [4.78, 5) is 19.1. The van der Waals surface area contributed by atoms with E-state index in [2.05, 4.69) is 14.7 Å². The maximum Gasteiger partial charge on any atom is 0.323 e. The molecule has 2 aromatic heterocycles. The minimum absolute atomic E-state index is 0.139. The molecule has 6 nitrogen and oxygen atoms in total. The van der Waals surface area contributed by atoms with E-state index in [1.54, 1.807) is 23.2 Å². The molecule has 1 fully saturated rings. The number of aryl methyl sites for hydroxylation is 1. The lowest BCUT2D eigenvalue weighted by Gasteiger charge is -2.33. The number of aliphatic hydroxyl groups excluding tert-OH is 1. The van der Waals surface area contributed by atoms with Crippen molar-refractivity contribution in [1.82, 2.24) is 14.3 Å². The zero-order chi connectivity index (χ0) is 15.5. The van der Waals surface area contributed by atoms with Gasteiger partial charge in [0.15, 0.2) is 0 Å². The monoisotopic (exact) mass is 338 g/mol. The van der Waals surface area contributed by atoms with E-state index in [0.29, 0.717) is 24.0 Å². The van der Waals surface area contributed by atoms with Crippen LogP contribution in [0.3, 0.4) is 0 Å². The number of aromatic nitrogens is 2. The Morgan fingerprint density at radius 2 is 2.27 bits per heavy atom. The lowest BCUT2D eigenvalue weighted by molar-refractivity contribution is 0.0708. The predicted molar refractivity (Wildman–Crippen MR) is 87.2 cm³/mol. The molecule has 2 aromatic rings. The Bertz CT molecular complexity index is 621. The van der Waals surface area contributed by atoms with Crippen molar-refractivity contribution in [3.8, 4) is 0 Å². The summed E-state index contributed by atoms with van der Waals surface area (Å²) >= 11 is 2.77. The van der Waals surface area contributed by atoms with E-state index in [-0.39, 0.29) is 11.9 Å². The average molecular weight is 338 g/mol. The number of anilines is 1. The third-order valence-electron chi connectivity index (χ3n) is 3.85. The Morgan fingerprint density at radius 3 is 2.86 bits per heavy atom. The molecule has 3 heterocycles. The van der Waals surface area contributed by atoms with Crippen molar-refractivity contribution >= 4 is 34.0 Å². The summed E-state index contributed by atoms with van der Waals surface area (Å²) in [6.07, 6.45) is 1.19. The van der Waals surface area contributed by atoms with Crippen LogP contribution < -0.4 is 5.32 Å². The van der Waals surface area contributed by atoms with Gasteiger partial charge in [0.1, 0.15) is 5.82 Å². The van der Waals surface area contributed by atoms with Gasteiger partial charge in [-0.25, -0.2) is 9.78 Å². The second-order valence-corrected chi connectivity index (χ2v) is 7.09. The third-order valence-corrected chi connectivity index (χ3v) is 5.51. The van der Waals surface area contributed by atoms with Gasteiger partial charge in [-0.3, -0.25) is 5.32 Å². The van der Waals surface area contributed by atoms with Gasteiger partial charge in [0.25, 0.3) is 0 Å². The first-order valence-corrected chi connectivity index (χ1v) is 8.86. The van der Waals surface area contributed by atoms with Gasteiger partial charge in [0.05, 0.1) is 6.10 Å². The molecule has 1 aliphatic rings. The van der Waals surface area contributed by atoms with Crippen LogP contribution >= 0.6 is 22.9 Å². The first kappa shape index (κ1) is 15.4. The summed E-state index contributed by atoms with van der Waals surface area (Å²) in [6, 6.07) is 3.78. The summed E-state index contributed by atoms with van der Waals surface area (Å²) in [6.45, 7) is 3.09. The molecule has 0 spiro atoms. The van der Waals surface area contributed by atoms with Crippen LogP contribution in [0.2, 0.25) is 0 Å². The molecule has 22 heavy (non-hydrogen) atoms. The van der Waals surface area contributed by atoms with E-state index in [1.807, 2.05) is 17.5 Å². The summed E-state index contributed by atoms with van der Waals surface area (Å²) < 4.78 is 4.04. The van der Waals surface area contributed by atoms with Gasteiger partial charge in [-0.1, -0.05) is 6.07 Å². The van der Waals surface area contributed by atoms with Crippen LogP contribution in [0, 0.1) is 12.8 Å². The second kappa shape index (κ2) is 6.72. The van der Waals surface area contributed by atoms with E-state index in [0.717, 1.165) is 17.7 Å². The van der Waals surface area contributed by atoms with Crippen LogP contribution in [0.15, 0.2) is 17.5 Å². The molecule has 0 aliphatic carbocycles. The number of hydrogen-bond donors (Lipinski definition) is 2. The van der Waals surface area contributed by atoms with Crippen molar-refractivity contribution in [2.75, 3.05) is 18.4 Å². The minimum atomic E-state index is -0.420. The van der Waals surface area contributed by atoms with Gasteiger partial charge in [0, 0.05) is 29.5 Å². The number of nitrogens with zero attached hydrogens (tertiary/aromatic N) is 3. The summed E-state index contributed by atoms with van der Waals surface area (Å²) in [5.74, 6) is 0.879. The molecule has 1 unspecified atom stereocenters. The second-order valence-electron chi connectivity index (χ2n) is 5.36. The summed E-state index contributed by atoms with van der Waals surface area (Å²) in [7, 11) is 0. The van der Waals surface area contributed by atoms with Crippen molar-refractivity contribution in [1.29, 1.82) is 0 Å². The molecule has 0 radical (unpaired) electrons. The molecule has 1 saturated heterocycles. The number of carbonyl (C=O) groups excluding carboxylic acids is 1. The largest absolute Gasteiger partial charge is 0.387 e. The van der Waals surface area contributed by atoms with Gasteiger partial charge in [-0.05, 0) is 37.1 Å². The highest BCUT2D eigenvalue weighted by molar-refractivity contribution is 7.10. The van der Waals surface area contributed by atoms with Crippen LogP contribution in [-0.4, -0.2) is 38.5 Å². The lowest BCUT2D eigenvalue weighted by Crippen LogP contribution is -2.42. The van der Waals surface area contributed by atoms with Crippen molar-refractivity contribution in [3.63, 3.8) is 0 Å². The SMILES string of the molecule is Cc1nsc(NC(=O)N2CCC(C(O)c3cccs3)CC2)n1. The number of rotatable bonds is 3. The molecular formula is C14H18N4O2S2. The summed E-state index contributed by atoms with van der Waals surface area (Å²) in [5.41, 5.74) is 0. The standard InChI is InChI=1S/C14H18N4O2S2/c1-9-15-13(22-17-9)16-14(20)18-6-4-10(5-7-18)12(19)11-3-2-8-21-11/h2-3,8,10,12,19H,4-7H2,1H3,(H,15,16,17,20). The quantitative estimate of drug-likeness (QED) is 0.902. The molecule has 118 valence electrons. The van der Waals surface area contributed by atoms with E-state index < -0.39 is 6.10 Å². The lowest BCUT2D eigenvalue weighted by atomic mass is 9.90. The van der Waals surface area contributed by atoms with Crippen LogP contribution in [0.25, 0.3) is 0 Å². The normalized spacial score (nSPS) is 17.5. The zero-order valence-electron chi connectivity index (χ0n) is 12.2. The van der Waals surface area contributed by atoms with Gasteiger partial charge >= 0.3 is 6.03 Å². The molecule has 3 rings (SSSR count). The van der Waals surface area contributed by atoms with Gasteiger partial charge in [-0.15, -0.1) is 11.3 Å². The molecule has 0 bridgehead atoms. The molecule has 2 amide bonds. The molecule has 0 saturated carbocycles. The zero-order valence-corrected chi connectivity index (χ0v) is 13.9. The van der Waals surface area contributed by atoms with Crippen molar-refractivity contribution in [3.05, 3.63) is 28.2 Å². The Kier molecular flexibility index (Phi) is 4.70. The predicted octanol–water partition coefficient (Wildman–Crippen LogP) is 2.89. The van der Waals surface area contributed by atoms with Crippen LogP contribution in [0.4, 0.5) is 9.93 Å².